The van der Waals surface area contributed by atoms with Crippen molar-refractivity contribution in [2.45, 2.75) is 64.8 Å². The van der Waals surface area contributed by atoms with Crippen molar-refractivity contribution in [3.8, 4) is 11.1 Å². The fourth-order valence-corrected chi connectivity index (χ4v) is 5.05. The van der Waals surface area contributed by atoms with Crippen molar-refractivity contribution in [1.82, 2.24) is 10.6 Å². The van der Waals surface area contributed by atoms with E-state index in [0.29, 0.717) is 0 Å². The molecule has 3 aromatic rings. The Labute approximate surface area is 241 Å². The van der Waals surface area contributed by atoms with E-state index in [4.69, 9.17) is 9.47 Å². The highest BCUT2D eigenvalue weighted by atomic mass is 16.5. The molecule has 0 aliphatic heterocycles. The number of carbonyl (C=O) groups is 3. The Morgan fingerprint density at radius 3 is 1.98 bits per heavy atom. The number of carboxylic acids is 1. The van der Waals surface area contributed by atoms with Crippen LogP contribution in [0.3, 0.4) is 0 Å². The van der Waals surface area contributed by atoms with Gasteiger partial charge in [0.2, 0.25) is 5.91 Å². The smallest absolute Gasteiger partial charge is 0.407 e. The first-order chi connectivity index (χ1) is 19.5. The highest BCUT2D eigenvalue weighted by molar-refractivity contribution is 5.85. The largest absolute Gasteiger partial charge is 0.480 e. The van der Waals surface area contributed by atoms with Gasteiger partial charge >= 0.3 is 12.1 Å². The first-order valence-electron chi connectivity index (χ1n) is 13.8. The summed E-state index contributed by atoms with van der Waals surface area (Å²) in [4.78, 5) is 37.9. The average molecular weight is 559 g/mol. The van der Waals surface area contributed by atoms with E-state index in [1.165, 1.54) is 0 Å². The molecule has 216 valence electrons. The molecular formula is C33H38N2O6. The van der Waals surface area contributed by atoms with Crippen molar-refractivity contribution in [3.05, 3.63) is 95.6 Å². The van der Waals surface area contributed by atoms with Crippen LogP contribution in [-0.2, 0) is 25.7 Å². The Bertz CT molecular complexity index is 1320. The minimum atomic E-state index is -1.25. The summed E-state index contributed by atoms with van der Waals surface area (Å²) in [7, 11) is 0. The van der Waals surface area contributed by atoms with E-state index in [1.54, 1.807) is 6.92 Å². The molecule has 8 heteroatoms. The molecule has 0 saturated carbocycles. The molecule has 41 heavy (non-hydrogen) atoms. The van der Waals surface area contributed by atoms with E-state index < -0.39 is 41.6 Å². The normalized spacial score (nSPS) is 14.7. The first kappa shape index (κ1) is 29.8. The number of ether oxygens (including phenoxy) is 2. The summed E-state index contributed by atoms with van der Waals surface area (Å²) in [6.07, 6.45) is -1.53. The maximum absolute atomic E-state index is 13.0. The van der Waals surface area contributed by atoms with E-state index >= 15 is 0 Å². The number of hydrogen-bond acceptors (Lipinski definition) is 5. The van der Waals surface area contributed by atoms with Crippen LogP contribution in [0, 0.1) is 5.41 Å². The van der Waals surface area contributed by atoms with Crippen molar-refractivity contribution >= 4 is 18.0 Å². The number of alkyl carbamates (subject to hydrolysis) is 1. The molecule has 1 aliphatic carbocycles. The monoisotopic (exact) mass is 558 g/mol. The van der Waals surface area contributed by atoms with E-state index in [1.807, 2.05) is 87.5 Å². The van der Waals surface area contributed by atoms with Crippen molar-refractivity contribution in [3.63, 3.8) is 0 Å². The van der Waals surface area contributed by atoms with Crippen molar-refractivity contribution in [2.24, 2.45) is 5.41 Å². The van der Waals surface area contributed by atoms with Gasteiger partial charge in [0.25, 0.3) is 0 Å². The predicted molar refractivity (Wildman–Crippen MR) is 156 cm³/mol. The number of fused-ring (bicyclic) bond motifs is 3. The molecule has 0 spiro atoms. The van der Waals surface area contributed by atoms with Gasteiger partial charge in [-0.25, -0.2) is 9.59 Å². The number of carbonyl (C=O) groups excluding carboxylic acids is 2. The zero-order valence-corrected chi connectivity index (χ0v) is 23.9. The number of hydrogen-bond donors (Lipinski definition) is 3. The standard InChI is InChI=1S/C33H38N2O6/c1-21(40-19-22-12-6-5-7-13-22)30(31(37)38)35-29(36)18-28(33(2,3)4)34-32(39)41-20-27-25-16-10-8-14-23(25)24-15-9-11-17-26(24)27/h5-17,21,27-28,30H,18-20H2,1-4H3,(H,34,39)(H,35,36)(H,37,38)/t21-,28?,30+/m0/s1. The van der Waals surface area contributed by atoms with Gasteiger partial charge in [-0.3, -0.25) is 4.79 Å². The molecule has 3 atom stereocenters. The van der Waals surface area contributed by atoms with E-state index in [9.17, 15) is 19.5 Å². The van der Waals surface area contributed by atoms with Gasteiger partial charge in [0.05, 0.1) is 12.7 Å². The van der Waals surface area contributed by atoms with Crippen LogP contribution < -0.4 is 10.6 Å². The molecule has 4 rings (SSSR count). The molecule has 0 saturated heterocycles. The topological polar surface area (TPSA) is 114 Å². The van der Waals surface area contributed by atoms with Crippen molar-refractivity contribution in [2.75, 3.05) is 6.61 Å². The molecule has 0 heterocycles. The van der Waals surface area contributed by atoms with Crippen molar-refractivity contribution < 1.29 is 29.0 Å². The molecular weight excluding hydrogens is 520 g/mol. The molecule has 3 N–H and O–H groups in total. The lowest BCUT2D eigenvalue weighted by atomic mass is 9.84. The van der Waals surface area contributed by atoms with Crippen LogP contribution in [0.4, 0.5) is 4.79 Å². The van der Waals surface area contributed by atoms with E-state index in [-0.39, 0.29) is 25.6 Å². The van der Waals surface area contributed by atoms with Crippen LogP contribution in [-0.4, -0.2) is 47.9 Å². The summed E-state index contributed by atoms with van der Waals surface area (Å²) in [5, 5.41) is 15.2. The summed E-state index contributed by atoms with van der Waals surface area (Å²) in [5.41, 5.74) is 4.88. The SMILES string of the molecule is C[C@H](OCc1ccccc1)[C@@H](NC(=O)CC(NC(=O)OCC1c2ccccc2-c2ccccc21)C(C)(C)C)C(=O)O. The number of nitrogens with one attached hydrogen (secondary N) is 2. The Morgan fingerprint density at radius 1 is 0.854 bits per heavy atom. The van der Waals surface area contributed by atoms with Gasteiger partial charge in [-0.2, -0.15) is 0 Å². The average Bonchev–Trinajstić information content (AvgIpc) is 3.26. The van der Waals surface area contributed by atoms with Crippen LogP contribution in [0.15, 0.2) is 78.9 Å². The fourth-order valence-electron chi connectivity index (χ4n) is 5.05. The summed E-state index contributed by atoms with van der Waals surface area (Å²) < 4.78 is 11.4. The number of benzene rings is 3. The minimum absolute atomic E-state index is 0.0850. The minimum Gasteiger partial charge on any atom is -0.480 e. The van der Waals surface area contributed by atoms with Gasteiger partial charge in [-0.15, -0.1) is 0 Å². The molecule has 3 aromatic carbocycles. The molecule has 2 amide bonds. The summed E-state index contributed by atoms with van der Waals surface area (Å²) in [6.45, 7) is 7.67. The third kappa shape index (κ3) is 7.52. The Kier molecular flexibility index (Phi) is 9.45. The fraction of sp³-hybridized carbons (Fsp3) is 0.364. The van der Waals surface area contributed by atoms with Gasteiger partial charge in [0.1, 0.15) is 6.61 Å². The zero-order chi connectivity index (χ0) is 29.6. The number of carboxylic acid groups (broad SMARTS) is 1. The lowest BCUT2D eigenvalue weighted by Gasteiger charge is -2.31. The number of amides is 2. The number of aliphatic carboxylic acids is 1. The van der Waals surface area contributed by atoms with Crippen LogP contribution in [0.2, 0.25) is 0 Å². The molecule has 0 bridgehead atoms. The maximum atomic E-state index is 13.0. The molecule has 0 radical (unpaired) electrons. The second-order valence-electron chi connectivity index (χ2n) is 11.5. The third-order valence-corrected chi connectivity index (χ3v) is 7.48. The van der Waals surface area contributed by atoms with Gasteiger partial charge < -0.3 is 25.2 Å². The lowest BCUT2D eigenvalue weighted by molar-refractivity contribution is -0.146. The Hall–Kier alpha value is -4.17. The number of rotatable bonds is 11. The van der Waals surface area contributed by atoms with Gasteiger partial charge in [0, 0.05) is 18.4 Å². The second-order valence-corrected chi connectivity index (χ2v) is 11.5. The summed E-state index contributed by atoms with van der Waals surface area (Å²) >= 11 is 0. The maximum Gasteiger partial charge on any atom is 0.407 e. The molecule has 0 fully saturated rings. The quantitative estimate of drug-likeness (QED) is 0.286. The van der Waals surface area contributed by atoms with Crippen LogP contribution in [0.5, 0.6) is 0 Å². The third-order valence-electron chi connectivity index (χ3n) is 7.48. The second kappa shape index (κ2) is 13.0. The summed E-state index contributed by atoms with van der Waals surface area (Å²) in [5.74, 6) is -1.79. The van der Waals surface area contributed by atoms with Gasteiger partial charge in [-0.05, 0) is 40.2 Å². The molecule has 1 unspecified atom stereocenters. The van der Waals surface area contributed by atoms with Gasteiger partial charge in [0.15, 0.2) is 6.04 Å². The first-order valence-corrected chi connectivity index (χ1v) is 13.8. The highest BCUT2D eigenvalue weighted by Crippen LogP contribution is 2.44. The zero-order valence-electron chi connectivity index (χ0n) is 23.9. The van der Waals surface area contributed by atoms with E-state index in [2.05, 4.69) is 22.8 Å². The van der Waals surface area contributed by atoms with Crippen LogP contribution in [0.1, 0.15) is 56.7 Å². The highest BCUT2D eigenvalue weighted by Gasteiger charge is 2.34. The van der Waals surface area contributed by atoms with E-state index in [0.717, 1.165) is 27.8 Å². The molecule has 1 aliphatic rings. The van der Waals surface area contributed by atoms with Crippen molar-refractivity contribution in [1.29, 1.82) is 0 Å². The molecule has 8 nitrogen and oxygen atoms in total. The van der Waals surface area contributed by atoms with Crippen LogP contribution >= 0.6 is 0 Å². The van der Waals surface area contributed by atoms with Crippen LogP contribution in [0.25, 0.3) is 11.1 Å². The lowest BCUT2D eigenvalue weighted by Crippen LogP contribution is -2.52. The Morgan fingerprint density at radius 2 is 1.41 bits per heavy atom. The molecule has 0 aromatic heterocycles. The van der Waals surface area contributed by atoms with Gasteiger partial charge in [-0.1, -0.05) is 99.6 Å². The Balaban J connectivity index is 1.35. The predicted octanol–water partition coefficient (Wildman–Crippen LogP) is 5.50. The summed E-state index contributed by atoms with van der Waals surface area (Å²) in [6, 6.07) is 23.7.